The van der Waals surface area contributed by atoms with Gasteiger partial charge in [-0.05, 0) is 43.2 Å². The fraction of sp³-hybridized carbons (Fsp3) is 0.222. The first-order chi connectivity index (χ1) is 12.4. The van der Waals surface area contributed by atoms with Gasteiger partial charge in [0.2, 0.25) is 5.91 Å². The van der Waals surface area contributed by atoms with Crippen LogP contribution in [0.25, 0.3) is 10.2 Å². The summed E-state index contributed by atoms with van der Waals surface area (Å²) in [6, 6.07) is 7.29. The second-order valence-corrected chi connectivity index (χ2v) is 7.13. The van der Waals surface area contributed by atoms with Gasteiger partial charge in [-0.25, -0.2) is 13.8 Å². The monoisotopic (exact) mass is 396 g/mol. The smallest absolute Gasteiger partial charge is 0.226 e. The molecule has 0 saturated carbocycles. The predicted molar refractivity (Wildman–Crippen MR) is 99.1 cm³/mol. The van der Waals surface area contributed by atoms with E-state index in [-0.39, 0.29) is 23.0 Å². The molecule has 8 heteroatoms. The molecule has 0 atom stereocenters. The van der Waals surface area contributed by atoms with Crippen LogP contribution < -0.4 is 10.1 Å². The number of amides is 1. The highest BCUT2D eigenvalue weighted by Gasteiger charge is 2.12. The maximum Gasteiger partial charge on any atom is 0.226 e. The number of halogens is 3. The molecule has 0 aliphatic heterocycles. The molecule has 0 aliphatic rings. The van der Waals surface area contributed by atoms with E-state index in [0.717, 1.165) is 28.7 Å². The van der Waals surface area contributed by atoms with Gasteiger partial charge in [0.15, 0.2) is 10.9 Å². The molecule has 26 heavy (non-hydrogen) atoms. The standard InChI is InChI=1S/C18H15ClF2N2O2S/c1-10-7-11(19)4-5-14(10)25-6-2-3-16(24)22-18-23-17-13(21)8-12(20)9-15(17)26-18/h4-5,7-9H,2-3,6H2,1H3,(H,22,23,24). The van der Waals surface area contributed by atoms with Gasteiger partial charge < -0.3 is 10.1 Å². The molecule has 2 aromatic carbocycles. The van der Waals surface area contributed by atoms with Gasteiger partial charge in [0.05, 0.1) is 11.3 Å². The van der Waals surface area contributed by atoms with Gasteiger partial charge in [-0.1, -0.05) is 22.9 Å². The molecule has 0 bridgehead atoms. The minimum absolute atomic E-state index is 0.0493. The summed E-state index contributed by atoms with van der Waals surface area (Å²) in [5, 5.41) is 3.48. The number of hydrogen-bond acceptors (Lipinski definition) is 4. The first-order valence-electron chi connectivity index (χ1n) is 7.87. The Bertz CT molecular complexity index is 962. The van der Waals surface area contributed by atoms with Crippen LogP contribution in [0.5, 0.6) is 5.75 Å². The summed E-state index contributed by atoms with van der Waals surface area (Å²) in [5.74, 6) is -0.963. The molecule has 3 rings (SSSR count). The normalized spacial score (nSPS) is 10.9. The van der Waals surface area contributed by atoms with E-state index in [1.54, 1.807) is 18.2 Å². The Morgan fingerprint density at radius 2 is 2.12 bits per heavy atom. The summed E-state index contributed by atoms with van der Waals surface area (Å²) in [7, 11) is 0. The van der Waals surface area contributed by atoms with E-state index >= 15 is 0 Å². The lowest BCUT2D eigenvalue weighted by Gasteiger charge is -2.09. The number of benzene rings is 2. The fourth-order valence-electron chi connectivity index (χ4n) is 2.38. The molecule has 1 N–H and O–H groups in total. The number of nitrogens with one attached hydrogen (secondary N) is 1. The zero-order valence-corrected chi connectivity index (χ0v) is 15.4. The lowest BCUT2D eigenvalue weighted by Crippen LogP contribution is -2.12. The molecule has 0 aliphatic carbocycles. The number of anilines is 1. The predicted octanol–water partition coefficient (Wildman–Crippen LogP) is 5.33. The molecule has 4 nitrogen and oxygen atoms in total. The quantitative estimate of drug-likeness (QED) is 0.572. The van der Waals surface area contributed by atoms with Crippen LogP contribution in [0.15, 0.2) is 30.3 Å². The highest BCUT2D eigenvalue weighted by molar-refractivity contribution is 7.22. The highest BCUT2D eigenvalue weighted by Crippen LogP contribution is 2.28. The number of aromatic nitrogens is 1. The summed E-state index contributed by atoms with van der Waals surface area (Å²) < 4.78 is 32.8. The number of thiazole rings is 1. The maximum absolute atomic E-state index is 13.6. The second-order valence-electron chi connectivity index (χ2n) is 5.66. The molecular weight excluding hydrogens is 382 g/mol. The van der Waals surface area contributed by atoms with Gasteiger partial charge in [-0.2, -0.15) is 0 Å². The molecule has 0 fully saturated rings. The van der Waals surface area contributed by atoms with Gasteiger partial charge >= 0.3 is 0 Å². The van der Waals surface area contributed by atoms with E-state index in [2.05, 4.69) is 10.3 Å². The number of carbonyl (C=O) groups is 1. The van der Waals surface area contributed by atoms with Gasteiger partial charge in [-0.15, -0.1) is 0 Å². The van der Waals surface area contributed by atoms with Crippen LogP contribution in [0, 0.1) is 18.6 Å². The second kappa shape index (κ2) is 7.97. The molecule has 0 radical (unpaired) electrons. The van der Waals surface area contributed by atoms with Crippen molar-refractivity contribution in [3.05, 3.63) is 52.6 Å². The average Bonchev–Trinajstić information content (AvgIpc) is 2.95. The molecule has 136 valence electrons. The van der Waals surface area contributed by atoms with E-state index in [1.807, 2.05) is 6.92 Å². The van der Waals surface area contributed by atoms with Crippen molar-refractivity contribution in [1.29, 1.82) is 0 Å². The number of carbonyl (C=O) groups excluding carboxylic acids is 1. The third-order valence-corrected chi connectivity index (χ3v) is 4.76. The number of nitrogens with zero attached hydrogens (tertiary/aromatic N) is 1. The van der Waals surface area contributed by atoms with Crippen molar-refractivity contribution in [2.24, 2.45) is 0 Å². The fourth-order valence-corrected chi connectivity index (χ4v) is 3.53. The lowest BCUT2D eigenvalue weighted by molar-refractivity contribution is -0.116. The van der Waals surface area contributed by atoms with E-state index in [9.17, 15) is 13.6 Å². The zero-order valence-electron chi connectivity index (χ0n) is 13.8. The van der Waals surface area contributed by atoms with Crippen molar-refractivity contribution in [2.75, 3.05) is 11.9 Å². The number of rotatable bonds is 6. The SMILES string of the molecule is Cc1cc(Cl)ccc1OCCCC(=O)Nc1nc2c(F)cc(F)cc2s1. The summed E-state index contributed by atoms with van der Waals surface area (Å²) in [6.45, 7) is 2.26. The highest BCUT2D eigenvalue weighted by atomic mass is 35.5. The number of ether oxygens (including phenoxy) is 1. The van der Waals surface area contributed by atoms with Crippen molar-refractivity contribution in [1.82, 2.24) is 4.98 Å². The van der Waals surface area contributed by atoms with Crippen molar-refractivity contribution >= 4 is 44.2 Å². The summed E-state index contributed by atoms with van der Waals surface area (Å²) in [5.41, 5.74) is 0.971. The van der Waals surface area contributed by atoms with Gasteiger partial charge in [0.25, 0.3) is 0 Å². The Labute approximate surface area is 157 Å². The van der Waals surface area contributed by atoms with Crippen LogP contribution >= 0.6 is 22.9 Å². The largest absolute Gasteiger partial charge is 0.493 e. The topological polar surface area (TPSA) is 51.2 Å². The third kappa shape index (κ3) is 4.47. The van der Waals surface area contributed by atoms with Crippen molar-refractivity contribution in [2.45, 2.75) is 19.8 Å². The summed E-state index contributed by atoms with van der Waals surface area (Å²) >= 11 is 6.91. The van der Waals surface area contributed by atoms with E-state index in [1.165, 1.54) is 6.07 Å². The Morgan fingerprint density at radius 3 is 2.88 bits per heavy atom. The summed E-state index contributed by atoms with van der Waals surface area (Å²) in [4.78, 5) is 16.0. The molecule has 1 amide bonds. The third-order valence-electron chi connectivity index (χ3n) is 3.60. The summed E-state index contributed by atoms with van der Waals surface area (Å²) in [6.07, 6.45) is 0.723. The number of hydrogen-bond donors (Lipinski definition) is 1. The minimum atomic E-state index is -0.747. The Balaban J connectivity index is 1.50. The molecular formula is C18H15ClF2N2O2S. The van der Waals surface area contributed by atoms with E-state index in [4.69, 9.17) is 16.3 Å². The maximum atomic E-state index is 13.6. The minimum Gasteiger partial charge on any atom is -0.493 e. The number of aryl methyl sites for hydroxylation is 1. The van der Waals surface area contributed by atoms with Gasteiger partial charge in [0, 0.05) is 17.5 Å². The Hall–Kier alpha value is -2.25. The van der Waals surface area contributed by atoms with Crippen LogP contribution in [0.3, 0.4) is 0 Å². The molecule has 0 spiro atoms. The van der Waals surface area contributed by atoms with Crippen LogP contribution in [0.1, 0.15) is 18.4 Å². The Kier molecular flexibility index (Phi) is 5.68. The van der Waals surface area contributed by atoms with Crippen molar-refractivity contribution in [3.63, 3.8) is 0 Å². The van der Waals surface area contributed by atoms with Crippen molar-refractivity contribution < 1.29 is 18.3 Å². The molecule has 3 aromatic rings. The van der Waals surface area contributed by atoms with Crippen LogP contribution in [-0.4, -0.2) is 17.5 Å². The number of fused-ring (bicyclic) bond motifs is 1. The van der Waals surface area contributed by atoms with Gasteiger partial charge in [0.1, 0.15) is 17.1 Å². The molecule has 1 heterocycles. The van der Waals surface area contributed by atoms with Gasteiger partial charge in [-0.3, -0.25) is 4.79 Å². The first-order valence-corrected chi connectivity index (χ1v) is 9.06. The molecule has 0 saturated heterocycles. The Morgan fingerprint density at radius 1 is 1.31 bits per heavy atom. The zero-order chi connectivity index (χ0) is 18.7. The van der Waals surface area contributed by atoms with Crippen molar-refractivity contribution in [3.8, 4) is 5.75 Å². The molecule has 0 unspecified atom stereocenters. The molecule has 1 aromatic heterocycles. The lowest BCUT2D eigenvalue weighted by atomic mass is 10.2. The first kappa shape index (κ1) is 18.5. The van der Waals surface area contributed by atoms with Crippen LogP contribution in [0.2, 0.25) is 5.02 Å². The van der Waals surface area contributed by atoms with E-state index < -0.39 is 11.6 Å². The average molecular weight is 397 g/mol. The van der Waals surface area contributed by atoms with E-state index in [0.29, 0.717) is 22.8 Å². The van der Waals surface area contributed by atoms with Crippen LogP contribution in [0.4, 0.5) is 13.9 Å². The van der Waals surface area contributed by atoms with Crippen LogP contribution in [-0.2, 0) is 4.79 Å².